The largest absolute Gasteiger partial charge is 0.298 e. The van der Waals surface area contributed by atoms with Gasteiger partial charge in [-0.1, -0.05) is 64.4 Å². The lowest BCUT2D eigenvalue weighted by molar-refractivity contribution is -0.104. The summed E-state index contributed by atoms with van der Waals surface area (Å²) < 4.78 is 0. The van der Waals surface area contributed by atoms with Crippen molar-refractivity contribution in [3.05, 3.63) is 11.6 Å². The van der Waals surface area contributed by atoms with Crippen LogP contribution in [-0.4, -0.2) is 6.29 Å². The van der Waals surface area contributed by atoms with Gasteiger partial charge in [-0.3, -0.25) is 4.79 Å². The summed E-state index contributed by atoms with van der Waals surface area (Å²) >= 11 is 0. The lowest BCUT2D eigenvalue weighted by Gasteiger charge is -2.00. The summed E-state index contributed by atoms with van der Waals surface area (Å²) in [5.74, 6) is 0. The van der Waals surface area contributed by atoms with Gasteiger partial charge in [0.25, 0.3) is 0 Å². The highest BCUT2D eigenvalue weighted by Gasteiger charge is 1.91. The van der Waals surface area contributed by atoms with Gasteiger partial charge in [-0.15, -0.1) is 0 Å². The summed E-state index contributed by atoms with van der Waals surface area (Å²) in [5, 5.41) is 0. The molecule has 0 unspecified atom stereocenters. The molecule has 0 radical (unpaired) electrons. The van der Waals surface area contributed by atoms with Crippen LogP contribution in [0, 0.1) is 0 Å². The normalized spacial score (nSPS) is 11.8. The third-order valence-electron chi connectivity index (χ3n) is 2.96. The number of carbonyl (C=O) groups is 1. The van der Waals surface area contributed by atoms with E-state index in [-0.39, 0.29) is 0 Å². The molecule has 16 heavy (non-hydrogen) atoms. The van der Waals surface area contributed by atoms with Crippen LogP contribution in [0.1, 0.15) is 78.1 Å². The van der Waals surface area contributed by atoms with Gasteiger partial charge in [-0.25, -0.2) is 0 Å². The van der Waals surface area contributed by atoms with Crippen LogP contribution >= 0.6 is 0 Å². The molecular formula is C15H28O. The Bertz CT molecular complexity index is 182. The predicted molar refractivity (Wildman–Crippen MR) is 71.7 cm³/mol. The van der Waals surface area contributed by atoms with E-state index in [4.69, 9.17) is 0 Å². The van der Waals surface area contributed by atoms with Crippen LogP contribution < -0.4 is 0 Å². The van der Waals surface area contributed by atoms with E-state index in [1.807, 2.05) is 13.0 Å². The lowest BCUT2D eigenvalue weighted by Crippen LogP contribution is -1.81. The van der Waals surface area contributed by atoms with E-state index in [0.29, 0.717) is 0 Å². The second-order valence-electron chi connectivity index (χ2n) is 4.68. The van der Waals surface area contributed by atoms with Gasteiger partial charge in [0.2, 0.25) is 0 Å². The van der Waals surface area contributed by atoms with Gasteiger partial charge in [0.15, 0.2) is 0 Å². The van der Waals surface area contributed by atoms with Crippen molar-refractivity contribution in [2.45, 2.75) is 78.1 Å². The van der Waals surface area contributed by atoms with E-state index in [2.05, 4.69) is 6.92 Å². The van der Waals surface area contributed by atoms with E-state index in [1.165, 1.54) is 57.8 Å². The first kappa shape index (κ1) is 15.4. The first-order valence-electron chi connectivity index (χ1n) is 6.93. The summed E-state index contributed by atoms with van der Waals surface area (Å²) in [6.07, 6.45) is 16.3. The number of allylic oxidation sites excluding steroid dienone is 2. The predicted octanol–water partition coefficient (Wildman–Crippen LogP) is 5.05. The maximum Gasteiger partial charge on any atom is 0.145 e. The number of rotatable bonds is 11. The quantitative estimate of drug-likeness (QED) is 0.272. The van der Waals surface area contributed by atoms with Crippen LogP contribution in [0.15, 0.2) is 11.6 Å². The van der Waals surface area contributed by atoms with E-state index in [1.54, 1.807) is 0 Å². The molecule has 0 rings (SSSR count). The third-order valence-corrected chi connectivity index (χ3v) is 2.96. The number of aldehydes is 1. The number of carbonyl (C=O) groups excluding carboxylic acids is 1. The summed E-state index contributed by atoms with van der Waals surface area (Å²) in [6, 6.07) is 0. The molecule has 0 fully saturated rings. The van der Waals surface area contributed by atoms with Gasteiger partial charge in [-0.2, -0.15) is 0 Å². The fraction of sp³-hybridized carbons (Fsp3) is 0.800. The van der Waals surface area contributed by atoms with Crippen LogP contribution in [-0.2, 0) is 4.79 Å². The van der Waals surface area contributed by atoms with E-state index >= 15 is 0 Å². The molecule has 0 atom stereocenters. The Hall–Kier alpha value is -0.590. The SMILES string of the molecule is CCCCCCCCCCCC=C(C)C=O. The van der Waals surface area contributed by atoms with Crippen LogP contribution in [0.3, 0.4) is 0 Å². The molecule has 0 aromatic rings. The molecule has 0 aliphatic rings. The zero-order valence-corrected chi connectivity index (χ0v) is 11.1. The minimum Gasteiger partial charge on any atom is -0.298 e. The molecule has 0 bridgehead atoms. The van der Waals surface area contributed by atoms with Crippen molar-refractivity contribution in [3.8, 4) is 0 Å². The number of unbranched alkanes of at least 4 members (excludes halogenated alkanes) is 9. The minimum absolute atomic E-state index is 0.875. The topological polar surface area (TPSA) is 17.1 Å². The fourth-order valence-electron chi connectivity index (χ4n) is 1.83. The van der Waals surface area contributed by atoms with Gasteiger partial charge in [-0.05, 0) is 25.3 Å². The highest BCUT2D eigenvalue weighted by atomic mass is 16.1. The molecule has 0 spiro atoms. The molecule has 0 saturated heterocycles. The molecule has 0 aromatic heterocycles. The number of hydrogen-bond donors (Lipinski definition) is 0. The number of hydrogen-bond acceptors (Lipinski definition) is 1. The Morgan fingerprint density at radius 3 is 1.88 bits per heavy atom. The van der Waals surface area contributed by atoms with Crippen LogP contribution in [0.2, 0.25) is 0 Å². The molecule has 94 valence electrons. The summed E-state index contributed by atoms with van der Waals surface area (Å²) in [7, 11) is 0. The fourth-order valence-corrected chi connectivity index (χ4v) is 1.83. The van der Waals surface area contributed by atoms with Crippen molar-refractivity contribution in [2.75, 3.05) is 0 Å². The van der Waals surface area contributed by atoms with Crippen molar-refractivity contribution < 1.29 is 4.79 Å². The van der Waals surface area contributed by atoms with Crippen molar-refractivity contribution in [2.24, 2.45) is 0 Å². The van der Waals surface area contributed by atoms with Crippen molar-refractivity contribution in [1.29, 1.82) is 0 Å². The Morgan fingerprint density at radius 2 is 1.38 bits per heavy atom. The molecule has 0 aliphatic carbocycles. The minimum atomic E-state index is 0.875. The standard InChI is InChI=1S/C15H28O/c1-3-4-5-6-7-8-9-10-11-12-13-15(2)14-16/h13-14H,3-12H2,1-2H3. The Balaban J connectivity index is 3.07. The average molecular weight is 224 g/mol. The van der Waals surface area contributed by atoms with Gasteiger partial charge in [0.05, 0.1) is 0 Å². The molecule has 0 heterocycles. The molecule has 1 heteroatoms. The van der Waals surface area contributed by atoms with Crippen molar-refractivity contribution in [1.82, 2.24) is 0 Å². The first-order valence-corrected chi connectivity index (χ1v) is 6.93. The maximum atomic E-state index is 10.3. The van der Waals surface area contributed by atoms with Crippen LogP contribution in [0.5, 0.6) is 0 Å². The van der Waals surface area contributed by atoms with Gasteiger partial charge in [0.1, 0.15) is 6.29 Å². The summed E-state index contributed by atoms with van der Waals surface area (Å²) in [5.41, 5.74) is 0.875. The van der Waals surface area contributed by atoms with Gasteiger partial charge in [0, 0.05) is 0 Å². The first-order chi connectivity index (χ1) is 7.81. The highest BCUT2D eigenvalue weighted by Crippen LogP contribution is 2.10. The summed E-state index contributed by atoms with van der Waals surface area (Å²) in [6.45, 7) is 4.13. The Morgan fingerprint density at radius 1 is 0.875 bits per heavy atom. The molecular weight excluding hydrogens is 196 g/mol. The molecule has 0 saturated carbocycles. The monoisotopic (exact) mass is 224 g/mol. The molecule has 0 amide bonds. The van der Waals surface area contributed by atoms with Crippen molar-refractivity contribution in [3.63, 3.8) is 0 Å². The van der Waals surface area contributed by atoms with Gasteiger partial charge < -0.3 is 0 Å². The highest BCUT2D eigenvalue weighted by molar-refractivity contribution is 5.71. The van der Waals surface area contributed by atoms with E-state index in [0.717, 1.165) is 18.3 Å². The third kappa shape index (κ3) is 11.5. The molecule has 0 N–H and O–H groups in total. The zero-order valence-electron chi connectivity index (χ0n) is 11.1. The van der Waals surface area contributed by atoms with E-state index in [9.17, 15) is 4.79 Å². The average Bonchev–Trinajstić information content (AvgIpc) is 2.31. The molecule has 1 nitrogen and oxygen atoms in total. The second kappa shape index (κ2) is 12.5. The Labute approximate surface area is 101 Å². The van der Waals surface area contributed by atoms with Gasteiger partial charge >= 0.3 is 0 Å². The summed E-state index contributed by atoms with van der Waals surface area (Å²) in [4.78, 5) is 10.3. The molecule has 0 aromatic carbocycles. The van der Waals surface area contributed by atoms with Crippen molar-refractivity contribution >= 4 is 6.29 Å². The van der Waals surface area contributed by atoms with E-state index < -0.39 is 0 Å². The maximum absolute atomic E-state index is 10.3. The smallest absolute Gasteiger partial charge is 0.145 e. The van der Waals surface area contributed by atoms with Crippen LogP contribution in [0.4, 0.5) is 0 Å². The van der Waals surface area contributed by atoms with Crippen LogP contribution in [0.25, 0.3) is 0 Å². The molecule has 0 aliphatic heterocycles. The zero-order chi connectivity index (χ0) is 12.1. The lowest BCUT2D eigenvalue weighted by atomic mass is 10.1. The Kier molecular flexibility index (Phi) is 12.0. The second-order valence-corrected chi connectivity index (χ2v) is 4.68.